The Kier molecular flexibility index (Phi) is 7.90. The van der Waals surface area contributed by atoms with Crippen LogP contribution in [0.5, 0.6) is 0 Å². The molecule has 0 radical (unpaired) electrons. The molecule has 0 spiro atoms. The van der Waals surface area contributed by atoms with E-state index in [2.05, 4.69) is 11.8 Å². The maximum Gasteiger partial charge on any atom is 0.108 e. The Hall–Kier alpha value is -1.34. The van der Waals surface area contributed by atoms with Gasteiger partial charge < -0.3 is 14.9 Å². The van der Waals surface area contributed by atoms with E-state index in [9.17, 15) is 5.11 Å². The zero-order valence-corrected chi connectivity index (χ0v) is 10.5. The maximum absolute atomic E-state index is 9.46. The van der Waals surface area contributed by atoms with Crippen LogP contribution in [0.4, 0.5) is 0 Å². The smallest absolute Gasteiger partial charge is 0.108 e. The van der Waals surface area contributed by atoms with Gasteiger partial charge in [-0.2, -0.15) is 0 Å². The molecular formula is C15H20O3. The van der Waals surface area contributed by atoms with Crippen LogP contribution >= 0.6 is 0 Å². The fourth-order valence-electron chi connectivity index (χ4n) is 1.46. The van der Waals surface area contributed by atoms with E-state index < -0.39 is 6.10 Å². The highest BCUT2D eigenvalue weighted by Gasteiger charge is 1.99. The summed E-state index contributed by atoms with van der Waals surface area (Å²) in [5.41, 5.74) is 1.13. The summed E-state index contributed by atoms with van der Waals surface area (Å²) in [7, 11) is 0. The lowest BCUT2D eigenvalue weighted by Gasteiger charge is -2.03. The molecular weight excluding hydrogens is 228 g/mol. The second-order valence-corrected chi connectivity index (χ2v) is 4.06. The topological polar surface area (TPSA) is 49.7 Å². The van der Waals surface area contributed by atoms with Crippen molar-refractivity contribution in [3.8, 4) is 11.8 Å². The average Bonchev–Trinajstić information content (AvgIpc) is 2.41. The fourth-order valence-corrected chi connectivity index (χ4v) is 1.46. The number of rotatable bonds is 7. The monoisotopic (exact) mass is 248 g/mol. The summed E-state index contributed by atoms with van der Waals surface area (Å²) in [5.74, 6) is 5.74. The van der Waals surface area contributed by atoms with Crippen molar-refractivity contribution in [2.75, 3.05) is 13.2 Å². The molecule has 3 heteroatoms. The van der Waals surface area contributed by atoms with Gasteiger partial charge in [0.2, 0.25) is 0 Å². The Labute approximate surface area is 108 Å². The number of hydrogen-bond acceptors (Lipinski definition) is 3. The number of aliphatic hydroxyl groups is 2. The van der Waals surface area contributed by atoms with Gasteiger partial charge in [0.25, 0.3) is 0 Å². The highest BCUT2D eigenvalue weighted by Crippen LogP contribution is 2.01. The number of aliphatic hydroxyl groups excluding tert-OH is 2. The first-order chi connectivity index (χ1) is 8.83. The van der Waals surface area contributed by atoms with Crippen molar-refractivity contribution in [1.29, 1.82) is 0 Å². The van der Waals surface area contributed by atoms with Crippen molar-refractivity contribution in [2.45, 2.75) is 32.0 Å². The second-order valence-electron chi connectivity index (χ2n) is 4.06. The summed E-state index contributed by atoms with van der Waals surface area (Å²) in [4.78, 5) is 0. The molecule has 0 bridgehead atoms. The molecule has 98 valence electrons. The van der Waals surface area contributed by atoms with E-state index in [-0.39, 0.29) is 6.61 Å². The molecule has 0 aliphatic heterocycles. The van der Waals surface area contributed by atoms with Crippen LogP contribution in [0.25, 0.3) is 0 Å². The molecule has 0 aliphatic carbocycles. The van der Waals surface area contributed by atoms with Crippen molar-refractivity contribution >= 4 is 0 Å². The van der Waals surface area contributed by atoms with Gasteiger partial charge in [0.05, 0.1) is 12.7 Å². The molecule has 1 aromatic rings. The average molecular weight is 248 g/mol. The number of hydrogen-bond donors (Lipinski definition) is 2. The van der Waals surface area contributed by atoms with E-state index in [1.54, 1.807) is 0 Å². The molecule has 0 amide bonds. The number of benzene rings is 1. The summed E-state index contributed by atoms with van der Waals surface area (Å²) >= 11 is 0. The van der Waals surface area contributed by atoms with E-state index in [0.717, 1.165) is 5.56 Å². The lowest BCUT2D eigenvalue weighted by atomic mass is 10.1. The highest BCUT2D eigenvalue weighted by molar-refractivity contribution is 5.13. The summed E-state index contributed by atoms with van der Waals surface area (Å²) in [6.07, 6.45) is 1.21. The molecule has 3 nitrogen and oxygen atoms in total. The first kappa shape index (κ1) is 14.7. The predicted molar refractivity (Wildman–Crippen MR) is 70.8 cm³/mol. The molecule has 1 aromatic carbocycles. The minimum atomic E-state index is -0.446. The largest absolute Gasteiger partial charge is 0.396 e. The van der Waals surface area contributed by atoms with Gasteiger partial charge in [-0.1, -0.05) is 42.2 Å². The van der Waals surface area contributed by atoms with Crippen molar-refractivity contribution < 1.29 is 14.9 Å². The lowest BCUT2D eigenvalue weighted by Crippen LogP contribution is -2.05. The SMILES string of the molecule is OCCCC(O)CC#CCOCc1ccccc1. The van der Waals surface area contributed by atoms with Crippen LogP contribution in [0, 0.1) is 11.8 Å². The van der Waals surface area contributed by atoms with E-state index in [1.165, 1.54) is 0 Å². The van der Waals surface area contributed by atoms with Crippen LogP contribution in [0.3, 0.4) is 0 Å². The third-order valence-electron chi connectivity index (χ3n) is 2.44. The third kappa shape index (κ3) is 7.08. The first-order valence-corrected chi connectivity index (χ1v) is 6.19. The van der Waals surface area contributed by atoms with Gasteiger partial charge in [0, 0.05) is 13.0 Å². The van der Waals surface area contributed by atoms with Crippen LogP contribution in [0.15, 0.2) is 30.3 Å². The minimum absolute atomic E-state index is 0.116. The third-order valence-corrected chi connectivity index (χ3v) is 2.44. The maximum atomic E-state index is 9.46. The summed E-state index contributed by atoms with van der Waals surface area (Å²) in [6.45, 7) is 1.05. The zero-order valence-electron chi connectivity index (χ0n) is 10.5. The molecule has 0 aliphatic rings. The summed E-state index contributed by atoms with van der Waals surface area (Å²) in [6, 6.07) is 9.93. The molecule has 0 aromatic heterocycles. The normalized spacial score (nSPS) is 11.7. The van der Waals surface area contributed by atoms with Crippen molar-refractivity contribution in [3.63, 3.8) is 0 Å². The Balaban J connectivity index is 2.07. The molecule has 0 saturated heterocycles. The van der Waals surface area contributed by atoms with Gasteiger partial charge in [-0.05, 0) is 18.4 Å². The van der Waals surface area contributed by atoms with Crippen LogP contribution in [0.1, 0.15) is 24.8 Å². The molecule has 18 heavy (non-hydrogen) atoms. The van der Waals surface area contributed by atoms with E-state index >= 15 is 0 Å². The van der Waals surface area contributed by atoms with Gasteiger partial charge in [0.15, 0.2) is 0 Å². The molecule has 0 heterocycles. The fraction of sp³-hybridized carbons (Fsp3) is 0.467. The van der Waals surface area contributed by atoms with Gasteiger partial charge in [-0.3, -0.25) is 0 Å². The lowest BCUT2D eigenvalue weighted by molar-refractivity contribution is 0.150. The van der Waals surface area contributed by atoms with Crippen LogP contribution in [-0.2, 0) is 11.3 Å². The second kappa shape index (κ2) is 9.67. The minimum Gasteiger partial charge on any atom is -0.396 e. The van der Waals surface area contributed by atoms with Crippen molar-refractivity contribution in [1.82, 2.24) is 0 Å². The van der Waals surface area contributed by atoms with Gasteiger partial charge in [0.1, 0.15) is 6.61 Å². The Morgan fingerprint density at radius 2 is 1.94 bits per heavy atom. The Morgan fingerprint density at radius 3 is 2.67 bits per heavy atom. The molecule has 1 unspecified atom stereocenters. The van der Waals surface area contributed by atoms with Crippen LogP contribution in [0.2, 0.25) is 0 Å². The van der Waals surface area contributed by atoms with E-state index in [4.69, 9.17) is 9.84 Å². The molecule has 0 fully saturated rings. The Bertz CT molecular complexity index is 364. The highest BCUT2D eigenvalue weighted by atomic mass is 16.5. The van der Waals surface area contributed by atoms with Crippen molar-refractivity contribution in [3.05, 3.63) is 35.9 Å². The van der Waals surface area contributed by atoms with Crippen molar-refractivity contribution in [2.24, 2.45) is 0 Å². The molecule has 1 atom stereocenters. The van der Waals surface area contributed by atoms with Gasteiger partial charge in [-0.15, -0.1) is 0 Å². The summed E-state index contributed by atoms with van der Waals surface area (Å²) < 4.78 is 5.39. The number of ether oxygens (including phenoxy) is 1. The zero-order chi connectivity index (χ0) is 13.1. The van der Waals surface area contributed by atoms with E-state index in [1.807, 2.05) is 30.3 Å². The van der Waals surface area contributed by atoms with Gasteiger partial charge in [-0.25, -0.2) is 0 Å². The van der Waals surface area contributed by atoms with Crippen LogP contribution in [-0.4, -0.2) is 29.5 Å². The molecule has 1 rings (SSSR count). The standard InChI is InChI=1S/C15H20O3/c16-11-6-10-15(17)9-4-5-12-18-13-14-7-2-1-3-8-14/h1-3,7-8,15-17H,6,9-13H2. The summed E-state index contributed by atoms with van der Waals surface area (Å²) in [5, 5.41) is 18.1. The quantitative estimate of drug-likeness (QED) is 0.570. The first-order valence-electron chi connectivity index (χ1n) is 6.19. The van der Waals surface area contributed by atoms with Gasteiger partial charge >= 0.3 is 0 Å². The molecule has 0 saturated carbocycles. The predicted octanol–water partition coefficient (Wildman–Crippen LogP) is 1.73. The Morgan fingerprint density at radius 1 is 1.17 bits per heavy atom. The molecule has 2 N–H and O–H groups in total. The van der Waals surface area contributed by atoms with Crippen LogP contribution < -0.4 is 0 Å². The van der Waals surface area contributed by atoms with E-state index in [0.29, 0.717) is 32.5 Å².